The van der Waals surface area contributed by atoms with E-state index in [4.69, 9.17) is 14.4 Å². The molecule has 0 radical (unpaired) electrons. The zero-order chi connectivity index (χ0) is 32.2. The summed E-state index contributed by atoms with van der Waals surface area (Å²) in [7, 11) is 0. The van der Waals surface area contributed by atoms with Crippen LogP contribution >= 0.6 is 11.3 Å². The lowest BCUT2D eigenvalue weighted by atomic mass is 10.00. The summed E-state index contributed by atoms with van der Waals surface area (Å²) in [6.45, 7) is -0.457. The molecular weight excluding hydrogens is 632 g/mol. The molecule has 2 aromatic heterocycles. The minimum atomic E-state index is -4.86. The van der Waals surface area contributed by atoms with Gasteiger partial charge in [0, 0.05) is 34.7 Å². The van der Waals surface area contributed by atoms with Crippen molar-refractivity contribution in [2.45, 2.75) is 75.6 Å². The number of aliphatic carboxylic acids is 1. The van der Waals surface area contributed by atoms with Crippen LogP contribution in [0.15, 0.2) is 40.9 Å². The number of hydrogen-bond donors (Lipinski definition) is 2. The number of aromatic nitrogens is 2. The van der Waals surface area contributed by atoms with Gasteiger partial charge < -0.3 is 29.3 Å². The van der Waals surface area contributed by atoms with E-state index in [1.54, 1.807) is 6.07 Å². The Bertz CT molecular complexity index is 1790. The minimum absolute atomic E-state index is 0.0165. The summed E-state index contributed by atoms with van der Waals surface area (Å²) in [4.78, 5) is 29.9. The van der Waals surface area contributed by atoms with Gasteiger partial charge >= 0.3 is 12.3 Å². The van der Waals surface area contributed by atoms with E-state index >= 15 is 0 Å². The molecule has 3 atom stereocenters. The summed E-state index contributed by atoms with van der Waals surface area (Å²) in [5, 5.41) is 15.9. The molecule has 2 saturated heterocycles. The van der Waals surface area contributed by atoms with E-state index in [9.17, 15) is 27.2 Å². The number of ether oxygens (including phenoxy) is 2. The molecule has 10 nitrogen and oxygen atoms in total. The highest BCUT2D eigenvalue weighted by Crippen LogP contribution is 2.47. The van der Waals surface area contributed by atoms with Crippen LogP contribution in [-0.2, 0) is 16.1 Å². The van der Waals surface area contributed by atoms with Crippen molar-refractivity contribution in [3.05, 3.63) is 59.1 Å². The molecule has 2 aliphatic heterocycles. The number of rotatable bonds is 10. The first kappa shape index (κ1) is 30.4. The second-order valence-corrected chi connectivity index (χ2v) is 12.8. The number of benzene rings is 2. The molecule has 46 heavy (non-hydrogen) atoms. The van der Waals surface area contributed by atoms with E-state index in [0.717, 1.165) is 31.7 Å². The Morgan fingerprint density at radius 2 is 1.85 bits per heavy atom. The van der Waals surface area contributed by atoms with Crippen molar-refractivity contribution in [3.8, 4) is 17.0 Å². The molecule has 7 rings (SSSR count). The number of fused-ring (bicyclic) bond motifs is 3. The van der Waals surface area contributed by atoms with Crippen molar-refractivity contribution >= 4 is 38.6 Å². The average Bonchev–Trinajstić information content (AvgIpc) is 3.51. The van der Waals surface area contributed by atoms with Crippen LogP contribution in [0, 0.1) is 5.82 Å². The average molecular weight is 661 g/mol. The van der Waals surface area contributed by atoms with E-state index in [1.165, 1.54) is 35.6 Å². The predicted octanol–water partition coefficient (Wildman–Crippen LogP) is 6.40. The number of alkyl halides is 3. The fourth-order valence-electron chi connectivity index (χ4n) is 6.47. The van der Waals surface area contributed by atoms with Crippen molar-refractivity contribution in [1.29, 1.82) is 0 Å². The van der Waals surface area contributed by atoms with Crippen molar-refractivity contribution in [2.24, 2.45) is 0 Å². The fraction of sp³-hybridized carbons (Fsp3) is 0.419. The number of hydrogen-bond acceptors (Lipinski definition) is 9. The maximum Gasteiger partial charge on any atom is 0.573 e. The van der Waals surface area contributed by atoms with Crippen molar-refractivity contribution in [1.82, 2.24) is 15.5 Å². The molecule has 3 fully saturated rings. The number of nitrogens with one attached hydrogen (secondary N) is 1. The molecule has 4 heterocycles. The molecule has 2 bridgehead atoms. The predicted molar refractivity (Wildman–Crippen MR) is 157 cm³/mol. The highest BCUT2D eigenvalue weighted by Gasteiger charge is 2.43. The molecule has 15 heteroatoms. The second kappa shape index (κ2) is 11.8. The van der Waals surface area contributed by atoms with E-state index in [1.807, 2.05) is 0 Å². The minimum Gasteiger partial charge on any atom is -0.480 e. The van der Waals surface area contributed by atoms with Gasteiger partial charge in [-0.25, -0.2) is 9.37 Å². The number of amides is 1. The lowest BCUT2D eigenvalue weighted by molar-refractivity contribution is -0.274. The number of carbonyl (C=O) groups is 2. The highest BCUT2D eigenvalue weighted by atomic mass is 32.1. The SMILES string of the molecule is O=C(O)CNC(=O)c1cc(F)c2nc(N3[C@@H]4CC[C@H]3C[C@@H](OCc3c(-c5ccccc5OC(F)(F)F)noc3C3CC3)C4)sc2c1. The molecule has 0 unspecified atom stereocenters. The molecular formula is C31H28F4N4O6S. The zero-order valence-corrected chi connectivity index (χ0v) is 25.0. The number of halogens is 4. The van der Waals surface area contributed by atoms with Crippen molar-refractivity contribution < 1.29 is 46.3 Å². The molecule has 3 aliphatic rings. The molecule has 4 aromatic rings. The Labute approximate surface area is 263 Å². The van der Waals surface area contributed by atoms with Gasteiger partial charge in [0.15, 0.2) is 10.9 Å². The van der Waals surface area contributed by atoms with E-state index in [-0.39, 0.29) is 58.8 Å². The Morgan fingerprint density at radius 1 is 1.11 bits per heavy atom. The topological polar surface area (TPSA) is 127 Å². The first-order chi connectivity index (χ1) is 22.0. The monoisotopic (exact) mass is 660 g/mol. The third-order valence-corrected chi connectivity index (χ3v) is 9.62. The lowest BCUT2D eigenvalue weighted by Gasteiger charge is -2.38. The van der Waals surface area contributed by atoms with Crippen LogP contribution in [0.2, 0.25) is 0 Å². The standard InChI is InChI=1S/C31H28F4N4O6S/c32-22-9-16(29(42)36-13-25(40)41)10-24-27(22)37-30(46-24)39-17-7-8-18(39)12-19(11-17)43-14-21-26(38-45-28(21)15-5-6-15)20-3-1-2-4-23(20)44-31(33,34)35/h1-4,9-10,15,17-19H,5-8,11-14H2,(H,36,42)(H,40,41)/t17-,18+,19+. The van der Waals surface area contributed by atoms with Crippen molar-refractivity contribution in [3.63, 3.8) is 0 Å². The molecule has 2 N–H and O–H groups in total. The van der Waals surface area contributed by atoms with Crippen LogP contribution in [0.5, 0.6) is 5.75 Å². The summed E-state index contributed by atoms with van der Waals surface area (Å²) < 4.78 is 71.2. The Kier molecular flexibility index (Phi) is 7.83. The van der Waals surface area contributed by atoms with Crippen LogP contribution < -0.4 is 15.0 Å². The molecule has 242 valence electrons. The van der Waals surface area contributed by atoms with Crippen molar-refractivity contribution in [2.75, 3.05) is 11.4 Å². The maximum absolute atomic E-state index is 15.0. The third-order valence-electron chi connectivity index (χ3n) is 8.61. The van der Waals surface area contributed by atoms with Gasteiger partial charge in [0.25, 0.3) is 5.91 Å². The summed E-state index contributed by atoms with van der Waals surface area (Å²) in [5.74, 6) is -2.14. The number of carboxylic acid groups (broad SMARTS) is 1. The number of carbonyl (C=O) groups excluding carboxylic acids is 1. The fourth-order valence-corrected chi connectivity index (χ4v) is 7.63. The van der Waals surface area contributed by atoms with Gasteiger partial charge in [-0.15, -0.1) is 13.2 Å². The zero-order valence-electron chi connectivity index (χ0n) is 24.2. The number of para-hydroxylation sites is 1. The molecule has 2 aromatic carbocycles. The van der Waals surface area contributed by atoms with Crippen LogP contribution in [0.3, 0.4) is 0 Å². The molecule has 1 aliphatic carbocycles. The quantitative estimate of drug-likeness (QED) is 0.186. The Hall–Kier alpha value is -4.24. The van der Waals surface area contributed by atoms with Gasteiger partial charge in [0.2, 0.25) is 0 Å². The molecule has 1 amide bonds. The largest absolute Gasteiger partial charge is 0.573 e. The summed E-state index contributed by atoms with van der Waals surface area (Å²) in [5.41, 5.74) is 1.24. The van der Waals surface area contributed by atoms with E-state index < -0.39 is 30.6 Å². The molecule has 0 spiro atoms. The van der Waals surface area contributed by atoms with Crippen LogP contribution in [0.25, 0.3) is 21.5 Å². The normalized spacial score (nSPS) is 21.1. The molecule has 1 saturated carbocycles. The van der Waals surface area contributed by atoms with Gasteiger partial charge in [-0.2, -0.15) is 0 Å². The van der Waals surface area contributed by atoms with Gasteiger partial charge in [-0.05, 0) is 62.8 Å². The number of carboxylic acids is 1. The Balaban J connectivity index is 1.07. The van der Waals surface area contributed by atoms with E-state index in [0.29, 0.717) is 34.0 Å². The van der Waals surface area contributed by atoms with Gasteiger partial charge in [0.1, 0.15) is 29.3 Å². The van der Waals surface area contributed by atoms with Gasteiger partial charge in [-0.1, -0.05) is 28.6 Å². The summed E-state index contributed by atoms with van der Waals surface area (Å²) in [6.07, 6.45) is -0.0720. The highest BCUT2D eigenvalue weighted by molar-refractivity contribution is 7.22. The van der Waals surface area contributed by atoms with Crippen LogP contribution in [0.1, 0.15) is 66.1 Å². The first-order valence-electron chi connectivity index (χ1n) is 14.9. The van der Waals surface area contributed by atoms with Crippen LogP contribution in [0.4, 0.5) is 22.7 Å². The number of anilines is 1. The second-order valence-electron chi connectivity index (χ2n) is 11.8. The Morgan fingerprint density at radius 3 is 2.54 bits per heavy atom. The summed E-state index contributed by atoms with van der Waals surface area (Å²) in [6, 6.07) is 8.57. The number of nitrogens with zero attached hydrogens (tertiary/aromatic N) is 3. The lowest BCUT2D eigenvalue weighted by Crippen LogP contribution is -2.45. The van der Waals surface area contributed by atoms with Crippen LogP contribution in [-0.4, -0.2) is 58.2 Å². The third kappa shape index (κ3) is 6.12. The first-order valence-corrected chi connectivity index (χ1v) is 15.7. The number of piperidine rings is 1. The summed E-state index contributed by atoms with van der Waals surface area (Å²) >= 11 is 1.28. The number of thiazole rings is 1. The smallest absolute Gasteiger partial charge is 0.480 e. The maximum atomic E-state index is 15.0. The van der Waals surface area contributed by atoms with E-state index in [2.05, 4.69) is 25.1 Å². The van der Waals surface area contributed by atoms with Gasteiger partial charge in [-0.3, -0.25) is 9.59 Å². The van der Waals surface area contributed by atoms with Gasteiger partial charge in [0.05, 0.1) is 17.4 Å².